The van der Waals surface area contributed by atoms with Crippen molar-refractivity contribution in [1.82, 2.24) is 4.98 Å². The van der Waals surface area contributed by atoms with Crippen molar-refractivity contribution in [3.05, 3.63) is 88.7 Å². The lowest BCUT2D eigenvalue weighted by Crippen LogP contribution is -2.12. The first-order valence-electron chi connectivity index (χ1n) is 8.77. The number of ether oxygens (including phenoxy) is 1. The Morgan fingerprint density at radius 2 is 1.62 bits per heavy atom. The highest BCUT2D eigenvalue weighted by Crippen LogP contribution is 2.13. The summed E-state index contributed by atoms with van der Waals surface area (Å²) in [7, 11) is 1.33. The van der Waals surface area contributed by atoms with Crippen LogP contribution in [0.1, 0.15) is 49.3 Å². The molecule has 6 heteroatoms. The molecule has 0 aliphatic rings. The van der Waals surface area contributed by atoms with Crippen molar-refractivity contribution in [1.29, 1.82) is 0 Å². The number of anilines is 1. The van der Waals surface area contributed by atoms with E-state index in [0.717, 1.165) is 0 Å². The van der Waals surface area contributed by atoms with Gasteiger partial charge in [-0.05, 0) is 49.4 Å². The van der Waals surface area contributed by atoms with Gasteiger partial charge in [0.25, 0.3) is 5.91 Å². The Bertz CT molecular complexity index is 1150. The number of hydrogen-bond donors (Lipinski definition) is 2. The van der Waals surface area contributed by atoms with Crippen LogP contribution >= 0.6 is 0 Å². The van der Waals surface area contributed by atoms with E-state index in [9.17, 15) is 14.4 Å². The monoisotopic (exact) mass is 386 g/mol. The third-order valence-electron chi connectivity index (χ3n) is 4.09. The molecule has 0 unspecified atom stereocenters. The number of carbonyl (C=O) groups excluding carboxylic acids is 3. The Morgan fingerprint density at radius 3 is 2.28 bits per heavy atom. The number of aromatic amines is 1. The van der Waals surface area contributed by atoms with Crippen molar-refractivity contribution >= 4 is 23.3 Å². The molecule has 1 amide bonds. The van der Waals surface area contributed by atoms with Crippen molar-refractivity contribution in [3.63, 3.8) is 0 Å². The molecule has 144 valence electrons. The third kappa shape index (κ3) is 4.99. The van der Waals surface area contributed by atoms with E-state index in [1.54, 1.807) is 42.5 Å². The summed E-state index contributed by atoms with van der Waals surface area (Å²) >= 11 is 0. The highest BCUT2D eigenvalue weighted by molar-refractivity contribution is 6.05. The maximum Gasteiger partial charge on any atom is 0.337 e. The Labute approximate surface area is 167 Å². The number of nitrogens with one attached hydrogen (secondary N) is 2. The zero-order chi connectivity index (χ0) is 20.8. The molecule has 6 nitrogen and oxygen atoms in total. The van der Waals surface area contributed by atoms with Crippen LogP contribution < -0.4 is 5.32 Å². The summed E-state index contributed by atoms with van der Waals surface area (Å²) in [5, 5.41) is 2.77. The summed E-state index contributed by atoms with van der Waals surface area (Å²) in [6.45, 7) is 1.44. The molecule has 0 atom stereocenters. The second-order valence-corrected chi connectivity index (χ2v) is 6.22. The summed E-state index contributed by atoms with van der Waals surface area (Å²) in [6, 6.07) is 15.4. The van der Waals surface area contributed by atoms with E-state index in [-0.39, 0.29) is 11.7 Å². The molecule has 1 aromatic heterocycles. The topological polar surface area (TPSA) is 88.3 Å². The predicted octanol–water partition coefficient (Wildman–Crippen LogP) is 3.66. The van der Waals surface area contributed by atoms with Crippen LogP contribution in [0.2, 0.25) is 0 Å². The molecule has 0 radical (unpaired) electrons. The van der Waals surface area contributed by atoms with Gasteiger partial charge in [0, 0.05) is 28.6 Å². The number of aromatic nitrogens is 1. The molecule has 0 saturated carbocycles. The first-order valence-corrected chi connectivity index (χ1v) is 8.77. The number of hydrogen-bond acceptors (Lipinski definition) is 4. The lowest BCUT2D eigenvalue weighted by molar-refractivity contribution is 0.0600. The third-order valence-corrected chi connectivity index (χ3v) is 4.09. The molecule has 0 aliphatic carbocycles. The van der Waals surface area contributed by atoms with E-state index in [1.165, 1.54) is 26.3 Å². The fourth-order valence-electron chi connectivity index (χ4n) is 2.59. The van der Waals surface area contributed by atoms with Crippen LogP contribution in [-0.2, 0) is 4.74 Å². The molecule has 1 heterocycles. The van der Waals surface area contributed by atoms with Gasteiger partial charge < -0.3 is 15.0 Å². The zero-order valence-electron chi connectivity index (χ0n) is 15.9. The fraction of sp³-hybridized carbons (Fsp3) is 0.0870. The highest BCUT2D eigenvalue weighted by Gasteiger charge is 2.11. The van der Waals surface area contributed by atoms with Crippen LogP contribution in [0.15, 0.2) is 60.8 Å². The van der Waals surface area contributed by atoms with E-state index in [2.05, 4.69) is 22.1 Å². The van der Waals surface area contributed by atoms with Gasteiger partial charge in [-0.3, -0.25) is 9.59 Å². The first-order chi connectivity index (χ1) is 14.0. The molecule has 3 rings (SSSR count). The summed E-state index contributed by atoms with van der Waals surface area (Å²) < 4.78 is 4.71. The normalized spacial score (nSPS) is 9.86. The minimum absolute atomic E-state index is 0.117. The maximum atomic E-state index is 12.3. The lowest BCUT2D eigenvalue weighted by atomic mass is 10.1. The molecule has 2 N–H and O–H groups in total. The predicted molar refractivity (Wildman–Crippen MR) is 109 cm³/mol. The van der Waals surface area contributed by atoms with Crippen LogP contribution in [0.3, 0.4) is 0 Å². The van der Waals surface area contributed by atoms with E-state index < -0.39 is 5.97 Å². The van der Waals surface area contributed by atoms with Crippen LogP contribution in [0, 0.1) is 11.8 Å². The maximum absolute atomic E-state index is 12.3. The molecular weight excluding hydrogens is 368 g/mol. The number of ketones is 1. The average molecular weight is 386 g/mol. The molecule has 29 heavy (non-hydrogen) atoms. The average Bonchev–Trinajstić information content (AvgIpc) is 3.23. The SMILES string of the molecule is COC(=O)c1cccc(C#Cc2cccc(NC(=O)c3cc(C(C)=O)c[nH]3)c2)c1. The van der Waals surface area contributed by atoms with Gasteiger partial charge in [-0.25, -0.2) is 4.79 Å². The summed E-state index contributed by atoms with van der Waals surface area (Å²) in [5.74, 6) is 5.11. The van der Waals surface area contributed by atoms with Gasteiger partial charge in [-0.15, -0.1) is 0 Å². The second-order valence-electron chi connectivity index (χ2n) is 6.22. The fourth-order valence-corrected chi connectivity index (χ4v) is 2.59. The highest BCUT2D eigenvalue weighted by atomic mass is 16.5. The van der Waals surface area contributed by atoms with Crippen LogP contribution in [0.25, 0.3) is 0 Å². The van der Waals surface area contributed by atoms with E-state index in [1.807, 2.05) is 6.07 Å². The van der Waals surface area contributed by atoms with Gasteiger partial charge in [0.05, 0.1) is 12.7 Å². The molecule has 0 aliphatic heterocycles. The molecule has 3 aromatic rings. The lowest BCUT2D eigenvalue weighted by Gasteiger charge is -2.04. The first kappa shape index (κ1) is 19.6. The van der Waals surface area contributed by atoms with Gasteiger partial charge >= 0.3 is 5.97 Å². The van der Waals surface area contributed by atoms with Crippen molar-refractivity contribution in [2.24, 2.45) is 0 Å². The number of H-pyrrole nitrogens is 1. The van der Waals surface area contributed by atoms with Gasteiger partial charge in [0.1, 0.15) is 5.69 Å². The van der Waals surface area contributed by atoms with Crippen molar-refractivity contribution < 1.29 is 19.1 Å². The van der Waals surface area contributed by atoms with Gasteiger partial charge in [-0.2, -0.15) is 0 Å². The number of methoxy groups -OCH3 is 1. The summed E-state index contributed by atoms with van der Waals surface area (Å²) in [4.78, 5) is 38.1. The second kappa shape index (κ2) is 8.72. The van der Waals surface area contributed by atoms with Crippen molar-refractivity contribution in [2.75, 3.05) is 12.4 Å². The molecule has 0 bridgehead atoms. The quantitative estimate of drug-likeness (QED) is 0.407. The standard InChI is InChI=1S/C23H18N2O4/c1-15(26)19-13-21(24-14-19)22(27)25-20-8-4-6-17(12-20)10-9-16-5-3-7-18(11-16)23(28)29-2/h3-8,11-14,24H,1-2H3,(H,25,27). The van der Waals surface area contributed by atoms with Gasteiger partial charge in [0.15, 0.2) is 5.78 Å². The Morgan fingerprint density at radius 1 is 0.931 bits per heavy atom. The number of rotatable bonds is 4. The van der Waals surface area contributed by atoms with Crippen LogP contribution in [-0.4, -0.2) is 29.8 Å². The van der Waals surface area contributed by atoms with E-state index in [4.69, 9.17) is 4.74 Å². The molecule has 0 saturated heterocycles. The Balaban J connectivity index is 1.75. The number of Topliss-reactive ketones (excluding diaryl/α,β-unsaturated/α-hetero) is 1. The van der Waals surface area contributed by atoms with E-state index >= 15 is 0 Å². The molecular formula is C23H18N2O4. The number of esters is 1. The van der Waals surface area contributed by atoms with Crippen molar-refractivity contribution in [2.45, 2.75) is 6.92 Å². The van der Waals surface area contributed by atoms with E-state index in [0.29, 0.717) is 33.6 Å². The minimum atomic E-state index is -0.421. The number of benzene rings is 2. The Hall–Kier alpha value is -4.11. The molecule has 2 aromatic carbocycles. The smallest absolute Gasteiger partial charge is 0.337 e. The number of amides is 1. The molecule has 0 fully saturated rings. The van der Waals surface area contributed by atoms with Gasteiger partial charge in [0.2, 0.25) is 0 Å². The summed E-state index contributed by atoms with van der Waals surface area (Å²) in [5.41, 5.74) is 3.11. The number of carbonyl (C=O) groups is 3. The minimum Gasteiger partial charge on any atom is -0.465 e. The molecule has 0 spiro atoms. The van der Waals surface area contributed by atoms with Crippen LogP contribution in [0.5, 0.6) is 0 Å². The van der Waals surface area contributed by atoms with Crippen molar-refractivity contribution in [3.8, 4) is 11.8 Å². The Kier molecular flexibility index (Phi) is 5.91. The summed E-state index contributed by atoms with van der Waals surface area (Å²) in [6.07, 6.45) is 1.50. The largest absolute Gasteiger partial charge is 0.465 e. The zero-order valence-corrected chi connectivity index (χ0v) is 15.9. The van der Waals surface area contributed by atoms with Crippen LogP contribution in [0.4, 0.5) is 5.69 Å². The van der Waals surface area contributed by atoms with Gasteiger partial charge in [-0.1, -0.05) is 24.0 Å².